The average molecular weight is 368 g/mol. The van der Waals surface area contributed by atoms with Gasteiger partial charge in [-0.25, -0.2) is 9.59 Å². The van der Waals surface area contributed by atoms with E-state index in [0.717, 1.165) is 0 Å². The van der Waals surface area contributed by atoms with Crippen LogP contribution < -0.4 is 0 Å². The molecule has 0 saturated heterocycles. The molecular formula is C21H20O6. The number of carbonyl (C=O) groups excluding carboxylic acids is 2. The summed E-state index contributed by atoms with van der Waals surface area (Å²) in [7, 11) is 1.46. The van der Waals surface area contributed by atoms with E-state index in [0.29, 0.717) is 11.1 Å². The molecule has 1 heterocycles. The molecule has 140 valence electrons. The molecule has 2 aromatic carbocycles. The third kappa shape index (κ3) is 5.03. The van der Waals surface area contributed by atoms with Gasteiger partial charge in [-0.1, -0.05) is 42.5 Å². The molecule has 1 aliphatic heterocycles. The summed E-state index contributed by atoms with van der Waals surface area (Å²) < 4.78 is 21.7. The Bertz CT molecular complexity index is 787. The van der Waals surface area contributed by atoms with Gasteiger partial charge in [0.2, 0.25) is 0 Å². The summed E-state index contributed by atoms with van der Waals surface area (Å²) in [6, 6.07) is 17.4. The molecule has 3 atom stereocenters. The summed E-state index contributed by atoms with van der Waals surface area (Å²) in [6.45, 7) is 0.0312. The van der Waals surface area contributed by atoms with E-state index in [9.17, 15) is 9.59 Å². The molecule has 0 saturated carbocycles. The maximum Gasteiger partial charge on any atom is 0.338 e. The van der Waals surface area contributed by atoms with E-state index in [1.54, 1.807) is 60.7 Å². The maximum absolute atomic E-state index is 12.2. The second-order valence-electron chi connectivity index (χ2n) is 5.86. The number of hydrogen-bond donors (Lipinski definition) is 0. The zero-order valence-electron chi connectivity index (χ0n) is 14.8. The van der Waals surface area contributed by atoms with Crippen molar-refractivity contribution in [2.75, 3.05) is 13.7 Å². The highest BCUT2D eigenvalue weighted by molar-refractivity contribution is 5.89. The van der Waals surface area contributed by atoms with Crippen molar-refractivity contribution >= 4 is 11.9 Å². The fraction of sp³-hybridized carbons (Fsp3) is 0.238. The Morgan fingerprint density at radius 2 is 1.48 bits per heavy atom. The van der Waals surface area contributed by atoms with Gasteiger partial charge >= 0.3 is 11.9 Å². The highest BCUT2D eigenvalue weighted by atomic mass is 16.7. The zero-order valence-corrected chi connectivity index (χ0v) is 14.8. The van der Waals surface area contributed by atoms with Crippen LogP contribution in [-0.2, 0) is 18.9 Å². The summed E-state index contributed by atoms with van der Waals surface area (Å²) in [4.78, 5) is 24.2. The summed E-state index contributed by atoms with van der Waals surface area (Å²) in [5, 5.41) is 0. The monoisotopic (exact) mass is 368 g/mol. The first-order valence-corrected chi connectivity index (χ1v) is 8.52. The molecule has 0 amide bonds. The van der Waals surface area contributed by atoms with Gasteiger partial charge in [-0.2, -0.15) is 0 Å². The lowest BCUT2D eigenvalue weighted by Gasteiger charge is -2.30. The van der Waals surface area contributed by atoms with Crippen LogP contribution in [0.1, 0.15) is 20.7 Å². The smallest absolute Gasteiger partial charge is 0.338 e. The van der Waals surface area contributed by atoms with Crippen molar-refractivity contribution < 1.29 is 28.5 Å². The minimum absolute atomic E-state index is 0.0312. The zero-order chi connectivity index (χ0) is 19.1. The molecule has 1 aliphatic rings. The summed E-state index contributed by atoms with van der Waals surface area (Å²) >= 11 is 0. The minimum atomic E-state index is -0.789. The van der Waals surface area contributed by atoms with Crippen molar-refractivity contribution in [1.29, 1.82) is 0 Å². The van der Waals surface area contributed by atoms with Crippen LogP contribution >= 0.6 is 0 Å². The van der Waals surface area contributed by atoms with Crippen LogP contribution in [0, 0.1) is 0 Å². The van der Waals surface area contributed by atoms with E-state index >= 15 is 0 Å². The van der Waals surface area contributed by atoms with Gasteiger partial charge in [-0.15, -0.1) is 0 Å². The molecule has 3 rings (SSSR count). The van der Waals surface area contributed by atoms with Gasteiger partial charge in [0.05, 0.1) is 11.1 Å². The van der Waals surface area contributed by atoms with Gasteiger partial charge in [0, 0.05) is 7.11 Å². The minimum Gasteiger partial charge on any atom is -0.459 e. The van der Waals surface area contributed by atoms with Gasteiger partial charge < -0.3 is 18.9 Å². The Morgan fingerprint density at radius 3 is 2.07 bits per heavy atom. The molecule has 27 heavy (non-hydrogen) atoms. The molecule has 0 aromatic heterocycles. The van der Waals surface area contributed by atoms with Gasteiger partial charge in [0.1, 0.15) is 12.7 Å². The van der Waals surface area contributed by atoms with Crippen LogP contribution in [0.3, 0.4) is 0 Å². The highest BCUT2D eigenvalue weighted by Crippen LogP contribution is 2.19. The molecule has 6 nitrogen and oxygen atoms in total. The van der Waals surface area contributed by atoms with E-state index in [1.165, 1.54) is 7.11 Å². The SMILES string of the molecule is CO[C@H]1O[C@H](COC(=O)c2ccccc2)C=C[C@H]1OC(=O)c1ccccc1. The largest absolute Gasteiger partial charge is 0.459 e. The molecule has 6 heteroatoms. The van der Waals surface area contributed by atoms with Crippen molar-refractivity contribution in [3.8, 4) is 0 Å². The quantitative estimate of drug-likeness (QED) is 0.577. The van der Waals surface area contributed by atoms with Crippen molar-refractivity contribution in [3.05, 3.63) is 83.9 Å². The number of rotatable bonds is 6. The topological polar surface area (TPSA) is 71.1 Å². The number of hydrogen-bond acceptors (Lipinski definition) is 6. The van der Waals surface area contributed by atoms with Gasteiger partial charge in [-0.3, -0.25) is 0 Å². The molecule has 0 N–H and O–H groups in total. The highest BCUT2D eigenvalue weighted by Gasteiger charge is 2.31. The normalized spacial score (nSPS) is 21.4. The first-order chi connectivity index (χ1) is 13.2. The number of ether oxygens (including phenoxy) is 4. The summed E-state index contributed by atoms with van der Waals surface area (Å²) in [5.74, 6) is -0.899. The van der Waals surface area contributed by atoms with E-state index in [2.05, 4.69) is 0 Å². The van der Waals surface area contributed by atoms with Crippen LogP contribution in [-0.4, -0.2) is 44.2 Å². The lowest BCUT2D eigenvalue weighted by atomic mass is 10.2. The summed E-state index contributed by atoms with van der Waals surface area (Å²) in [6.07, 6.45) is 1.40. The van der Waals surface area contributed by atoms with Crippen LogP contribution in [0.4, 0.5) is 0 Å². The van der Waals surface area contributed by atoms with E-state index in [1.807, 2.05) is 12.1 Å². The van der Waals surface area contributed by atoms with Crippen LogP contribution in [0.25, 0.3) is 0 Å². The van der Waals surface area contributed by atoms with Crippen molar-refractivity contribution in [2.24, 2.45) is 0 Å². The second kappa shape index (κ2) is 9.12. The van der Waals surface area contributed by atoms with Crippen LogP contribution in [0.2, 0.25) is 0 Å². The lowest BCUT2D eigenvalue weighted by Crippen LogP contribution is -2.41. The Hall–Kier alpha value is -2.96. The lowest BCUT2D eigenvalue weighted by molar-refractivity contribution is -0.196. The predicted octanol–water partition coefficient (Wildman–Crippen LogP) is 3.00. The van der Waals surface area contributed by atoms with E-state index in [4.69, 9.17) is 18.9 Å². The third-order valence-electron chi connectivity index (χ3n) is 3.97. The Balaban J connectivity index is 1.56. The summed E-state index contributed by atoms with van der Waals surface area (Å²) in [5.41, 5.74) is 0.912. The number of benzene rings is 2. The third-order valence-corrected chi connectivity index (χ3v) is 3.97. The molecule has 0 radical (unpaired) electrons. The first kappa shape index (κ1) is 18.8. The number of carbonyl (C=O) groups is 2. The van der Waals surface area contributed by atoms with Gasteiger partial charge in [0.25, 0.3) is 0 Å². The van der Waals surface area contributed by atoms with Gasteiger partial charge in [0.15, 0.2) is 12.4 Å². The first-order valence-electron chi connectivity index (χ1n) is 8.52. The Morgan fingerprint density at radius 1 is 0.889 bits per heavy atom. The average Bonchev–Trinajstić information content (AvgIpc) is 2.74. The van der Waals surface area contributed by atoms with Gasteiger partial charge in [-0.05, 0) is 30.3 Å². The molecular weight excluding hydrogens is 348 g/mol. The van der Waals surface area contributed by atoms with E-state index < -0.39 is 30.4 Å². The number of esters is 2. The second-order valence-corrected chi connectivity index (χ2v) is 5.86. The van der Waals surface area contributed by atoms with Crippen LogP contribution in [0.15, 0.2) is 72.8 Å². The molecule has 0 unspecified atom stereocenters. The molecule has 0 bridgehead atoms. The Kier molecular flexibility index (Phi) is 6.35. The predicted molar refractivity (Wildman–Crippen MR) is 97.2 cm³/mol. The maximum atomic E-state index is 12.2. The fourth-order valence-corrected chi connectivity index (χ4v) is 2.58. The van der Waals surface area contributed by atoms with Crippen molar-refractivity contribution in [2.45, 2.75) is 18.5 Å². The number of methoxy groups -OCH3 is 1. The van der Waals surface area contributed by atoms with Crippen molar-refractivity contribution in [3.63, 3.8) is 0 Å². The molecule has 2 aromatic rings. The van der Waals surface area contributed by atoms with Crippen LogP contribution in [0.5, 0.6) is 0 Å². The standard InChI is InChI=1S/C21H20O6/c1-24-21-18(27-20(23)16-10-6-3-7-11-16)13-12-17(26-21)14-25-19(22)15-8-4-2-5-9-15/h2-13,17-18,21H,14H2,1H3/t17-,18+,21-/m0/s1. The van der Waals surface area contributed by atoms with E-state index in [-0.39, 0.29) is 6.61 Å². The molecule has 0 aliphatic carbocycles. The Labute approximate surface area is 157 Å². The van der Waals surface area contributed by atoms with Crippen molar-refractivity contribution in [1.82, 2.24) is 0 Å². The molecule has 0 fully saturated rings. The fourth-order valence-electron chi connectivity index (χ4n) is 2.58. The molecule has 0 spiro atoms.